The van der Waals surface area contributed by atoms with E-state index in [0.717, 1.165) is 32.0 Å². The normalized spacial score (nSPS) is 14.5. The zero-order valence-corrected chi connectivity index (χ0v) is 12.1. The standard InChI is InChI=1S/C16H25N3O/c17-9-11-19(10-8-14-4-2-1-3-5-14)13-16(20)18-12-15-6-7-15/h1-5,15H,6-13,17H2,(H,18,20). The van der Waals surface area contributed by atoms with Crippen molar-refractivity contribution in [3.05, 3.63) is 35.9 Å². The first-order valence-corrected chi connectivity index (χ1v) is 7.51. The number of nitrogens with one attached hydrogen (secondary N) is 1. The van der Waals surface area contributed by atoms with E-state index < -0.39 is 0 Å². The highest BCUT2D eigenvalue weighted by Crippen LogP contribution is 2.27. The van der Waals surface area contributed by atoms with Gasteiger partial charge in [-0.1, -0.05) is 30.3 Å². The van der Waals surface area contributed by atoms with Crippen LogP contribution in [-0.4, -0.2) is 43.5 Å². The van der Waals surface area contributed by atoms with Crippen LogP contribution in [0.25, 0.3) is 0 Å². The molecule has 4 nitrogen and oxygen atoms in total. The summed E-state index contributed by atoms with van der Waals surface area (Å²) in [4.78, 5) is 14.0. The number of carbonyl (C=O) groups excluding carboxylic acids is 1. The summed E-state index contributed by atoms with van der Waals surface area (Å²) >= 11 is 0. The third-order valence-corrected chi connectivity index (χ3v) is 3.66. The lowest BCUT2D eigenvalue weighted by Crippen LogP contribution is -2.41. The van der Waals surface area contributed by atoms with Gasteiger partial charge in [0.1, 0.15) is 0 Å². The molecule has 0 unspecified atom stereocenters. The average molecular weight is 275 g/mol. The molecule has 0 bridgehead atoms. The fourth-order valence-corrected chi connectivity index (χ4v) is 2.22. The van der Waals surface area contributed by atoms with Gasteiger partial charge in [0.15, 0.2) is 0 Å². The number of benzene rings is 1. The average Bonchev–Trinajstić information content (AvgIpc) is 3.28. The van der Waals surface area contributed by atoms with Crippen LogP contribution in [-0.2, 0) is 11.2 Å². The molecule has 1 saturated carbocycles. The van der Waals surface area contributed by atoms with Crippen LogP contribution in [0.2, 0.25) is 0 Å². The molecule has 20 heavy (non-hydrogen) atoms. The van der Waals surface area contributed by atoms with Gasteiger partial charge in [0, 0.05) is 26.2 Å². The molecule has 1 aliphatic rings. The molecule has 0 atom stereocenters. The van der Waals surface area contributed by atoms with Crippen LogP contribution >= 0.6 is 0 Å². The number of hydrogen-bond acceptors (Lipinski definition) is 3. The smallest absolute Gasteiger partial charge is 0.234 e. The molecule has 0 aromatic heterocycles. The van der Waals surface area contributed by atoms with Crippen molar-refractivity contribution in [2.24, 2.45) is 11.7 Å². The lowest BCUT2D eigenvalue weighted by molar-refractivity contribution is -0.122. The second kappa shape index (κ2) is 8.02. The Morgan fingerprint density at radius 1 is 1.25 bits per heavy atom. The molecule has 0 saturated heterocycles. The van der Waals surface area contributed by atoms with E-state index in [1.807, 2.05) is 18.2 Å². The minimum absolute atomic E-state index is 0.124. The first kappa shape index (κ1) is 15.0. The van der Waals surface area contributed by atoms with Gasteiger partial charge in [-0.15, -0.1) is 0 Å². The van der Waals surface area contributed by atoms with Gasteiger partial charge in [-0.05, 0) is 30.7 Å². The summed E-state index contributed by atoms with van der Waals surface area (Å²) in [7, 11) is 0. The Balaban J connectivity index is 1.72. The van der Waals surface area contributed by atoms with Crippen molar-refractivity contribution in [2.45, 2.75) is 19.3 Å². The van der Waals surface area contributed by atoms with E-state index in [4.69, 9.17) is 5.73 Å². The van der Waals surface area contributed by atoms with Crippen molar-refractivity contribution in [1.29, 1.82) is 0 Å². The van der Waals surface area contributed by atoms with Gasteiger partial charge in [0.25, 0.3) is 0 Å². The Hall–Kier alpha value is -1.39. The Morgan fingerprint density at radius 2 is 2.00 bits per heavy atom. The van der Waals surface area contributed by atoms with E-state index in [2.05, 4.69) is 22.3 Å². The molecule has 3 N–H and O–H groups in total. The quantitative estimate of drug-likeness (QED) is 0.707. The van der Waals surface area contributed by atoms with E-state index in [-0.39, 0.29) is 5.91 Å². The monoisotopic (exact) mass is 275 g/mol. The molecule has 0 radical (unpaired) electrons. The molecule has 4 heteroatoms. The van der Waals surface area contributed by atoms with Crippen LogP contribution in [0.15, 0.2) is 30.3 Å². The topological polar surface area (TPSA) is 58.4 Å². The summed E-state index contributed by atoms with van der Waals surface area (Å²) < 4.78 is 0. The first-order valence-electron chi connectivity index (χ1n) is 7.51. The summed E-state index contributed by atoms with van der Waals surface area (Å²) in [5, 5.41) is 3.01. The number of carbonyl (C=O) groups is 1. The summed E-state index contributed by atoms with van der Waals surface area (Å²) in [5.74, 6) is 0.852. The van der Waals surface area contributed by atoms with Crippen molar-refractivity contribution in [2.75, 3.05) is 32.7 Å². The Labute approximate surface area is 121 Å². The number of amides is 1. The fourth-order valence-electron chi connectivity index (χ4n) is 2.22. The van der Waals surface area contributed by atoms with Crippen LogP contribution in [0.5, 0.6) is 0 Å². The SMILES string of the molecule is NCCN(CCc1ccccc1)CC(=O)NCC1CC1. The minimum Gasteiger partial charge on any atom is -0.355 e. The van der Waals surface area contributed by atoms with E-state index in [1.54, 1.807) is 0 Å². The van der Waals surface area contributed by atoms with Crippen LogP contribution < -0.4 is 11.1 Å². The molecule has 2 rings (SSSR count). The lowest BCUT2D eigenvalue weighted by atomic mass is 10.1. The van der Waals surface area contributed by atoms with Gasteiger partial charge in [0.05, 0.1) is 6.54 Å². The molecular formula is C16H25N3O. The van der Waals surface area contributed by atoms with Crippen molar-refractivity contribution < 1.29 is 4.79 Å². The van der Waals surface area contributed by atoms with Crippen LogP contribution in [0.3, 0.4) is 0 Å². The molecule has 110 valence electrons. The first-order chi connectivity index (χ1) is 9.78. The van der Waals surface area contributed by atoms with Gasteiger partial charge < -0.3 is 11.1 Å². The molecule has 1 fully saturated rings. The van der Waals surface area contributed by atoms with Gasteiger partial charge >= 0.3 is 0 Å². The van der Waals surface area contributed by atoms with Gasteiger partial charge in [-0.3, -0.25) is 9.69 Å². The predicted molar refractivity (Wildman–Crippen MR) is 81.4 cm³/mol. The van der Waals surface area contributed by atoms with Crippen LogP contribution in [0.1, 0.15) is 18.4 Å². The van der Waals surface area contributed by atoms with Crippen LogP contribution in [0, 0.1) is 5.92 Å². The molecular weight excluding hydrogens is 250 g/mol. The molecule has 1 aromatic carbocycles. The number of nitrogens with zero attached hydrogens (tertiary/aromatic N) is 1. The molecule has 1 aliphatic carbocycles. The van der Waals surface area contributed by atoms with Crippen molar-refractivity contribution in [3.63, 3.8) is 0 Å². The van der Waals surface area contributed by atoms with Crippen molar-refractivity contribution in [1.82, 2.24) is 10.2 Å². The minimum atomic E-state index is 0.124. The fraction of sp³-hybridized carbons (Fsp3) is 0.562. The molecule has 1 amide bonds. The van der Waals surface area contributed by atoms with Crippen molar-refractivity contribution >= 4 is 5.91 Å². The summed E-state index contributed by atoms with van der Waals surface area (Å²) in [5.41, 5.74) is 6.93. The summed E-state index contributed by atoms with van der Waals surface area (Å²) in [6, 6.07) is 10.4. The zero-order valence-electron chi connectivity index (χ0n) is 12.1. The maximum atomic E-state index is 11.9. The highest BCUT2D eigenvalue weighted by Gasteiger charge is 2.21. The van der Waals surface area contributed by atoms with Gasteiger partial charge in [-0.2, -0.15) is 0 Å². The zero-order chi connectivity index (χ0) is 14.2. The second-order valence-electron chi connectivity index (χ2n) is 5.55. The lowest BCUT2D eigenvalue weighted by Gasteiger charge is -2.21. The molecule has 1 aromatic rings. The number of rotatable bonds is 9. The van der Waals surface area contributed by atoms with Crippen LogP contribution in [0.4, 0.5) is 0 Å². The number of nitrogens with two attached hydrogens (primary N) is 1. The van der Waals surface area contributed by atoms with E-state index in [1.165, 1.54) is 18.4 Å². The van der Waals surface area contributed by atoms with E-state index in [9.17, 15) is 4.79 Å². The third kappa shape index (κ3) is 5.72. The Morgan fingerprint density at radius 3 is 2.65 bits per heavy atom. The summed E-state index contributed by atoms with van der Waals surface area (Å²) in [6.45, 7) is 3.52. The van der Waals surface area contributed by atoms with E-state index in [0.29, 0.717) is 13.1 Å². The maximum Gasteiger partial charge on any atom is 0.234 e. The largest absolute Gasteiger partial charge is 0.355 e. The third-order valence-electron chi connectivity index (χ3n) is 3.66. The maximum absolute atomic E-state index is 11.9. The molecule has 0 spiro atoms. The molecule has 0 aliphatic heterocycles. The predicted octanol–water partition coefficient (Wildman–Crippen LogP) is 1.02. The Bertz CT molecular complexity index is 403. The Kier molecular flexibility index (Phi) is 6.02. The molecule has 0 heterocycles. The van der Waals surface area contributed by atoms with E-state index >= 15 is 0 Å². The summed E-state index contributed by atoms with van der Waals surface area (Å²) in [6.07, 6.45) is 3.48. The van der Waals surface area contributed by atoms with Crippen molar-refractivity contribution in [3.8, 4) is 0 Å². The highest BCUT2D eigenvalue weighted by atomic mass is 16.2. The second-order valence-corrected chi connectivity index (χ2v) is 5.55. The number of hydrogen-bond donors (Lipinski definition) is 2. The highest BCUT2D eigenvalue weighted by molar-refractivity contribution is 5.78. The van der Waals surface area contributed by atoms with Gasteiger partial charge in [0.2, 0.25) is 5.91 Å². The van der Waals surface area contributed by atoms with Gasteiger partial charge in [-0.25, -0.2) is 0 Å².